The molecule has 304 valence electrons. The molecule has 0 spiro atoms. The normalized spacial score (nSPS) is 12.4. The molecule has 0 fully saturated rings. The number of unbranched alkanes of at least 4 members (excludes halogenated alkanes) is 12. The van der Waals surface area contributed by atoms with Crippen molar-refractivity contribution in [2.24, 2.45) is 0 Å². The number of rotatable bonds is 35. The lowest BCUT2D eigenvalue weighted by Crippen LogP contribution is -2.20. The number of nitrogens with zero attached hydrogens (tertiary/aromatic N) is 1. The Hall–Kier alpha value is -2.43. The molecule has 0 aliphatic carbocycles. The van der Waals surface area contributed by atoms with Gasteiger partial charge in [-0.05, 0) is 103 Å². The zero-order valence-electron chi connectivity index (χ0n) is 32.9. The Bertz CT molecular complexity index is 911. The molecule has 0 saturated carbocycles. The Morgan fingerprint density at radius 3 is 1.38 bits per heavy atom. The van der Waals surface area contributed by atoms with Crippen LogP contribution in [0.15, 0.2) is 24.3 Å². The molecule has 0 rings (SSSR count). The van der Waals surface area contributed by atoms with Crippen molar-refractivity contribution in [1.29, 1.82) is 0 Å². The van der Waals surface area contributed by atoms with Gasteiger partial charge in [0, 0.05) is 32.1 Å². The lowest BCUT2D eigenvalue weighted by molar-refractivity contribution is -0.150. The van der Waals surface area contributed by atoms with E-state index in [1.807, 2.05) is 32.8 Å². The zero-order valence-corrected chi connectivity index (χ0v) is 32.9. The smallest absolute Gasteiger partial charge is 0.306 e. The van der Waals surface area contributed by atoms with Gasteiger partial charge in [0.15, 0.2) is 0 Å². The SMILES string of the molecule is CCCCCC(F)(F)/C=C/COC(=O)CCCCCCCC(CCCCCCCC(=O)OC/C=C/C(F)(F)CCCCC)OC(=O)CCCN(C)C. The van der Waals surface area contributed by atoms with Crippen LogP contribution < -0.4 is 0 Å². The predicted octanol–water partition coefficient (Wildman–Crippen LogP) is 11.3. The first-order chi connectivity index (χ1) is 24.8. The molecule has 0 unspecified atom stereocenters. The van der Waals surface area contributed by atoms with Crippen molar-refractivity contribution < 1.29 is 46.2 Å². The van der Waals surface area contributed by atoms with E-state index in [0.29, 0.717) is 32.1 Å². The number of esters is 3. The van der Waals surface area contributed by atoms with Gasteiger partial charge in [0.1, 0.15) is 19.3 Å². The maximum atomic E-state index is 13.8. The van der Waals surface area contributed by atoms with Crippen LogP contribution in [0.4, 0.5) is 17.6 Å². The lowest BCUT2D eigenvalue weighted by atomic mass is 10.0. The number of ether oxygens (including phenoxy) is 3. The highest BCUT2D eigenvalue weighted by molar-refractivity contribution is 5.70. The van der Waals surface area contributed by atoms with E-state index in [0.717, 1.165) is 115 Å². The minimum Gasteiger partial charge on any atom is -0.462 e. The monoisotopic (exact) mass is 750 g/mol. The third-order valence-corrected chi connectivity index (χ3v) is 8.73. The van der Waals surface area contributed by atoms with E-state index in [2.05, 4.69) is 0 Å². The summed E-state index contributed by atoms with van der Waals surface area (Å²) in [7, 11) is 3.94. The summed E-state index contributed by atoms with van der Waals surface area (Å²) in [6.45, 7) is 4.47. The van der Waals surface area contributed by atoms with Crippen molar-refractivity contribution in [1.82, 2.24) is 4.90 Å². The highest BCUT2D eigenvalue weighted by atomic mass is 19.3. The molecule has 0 aromatic heterocycles. The lowest BCUT2D eigenvalue weighted by Gasteiger charge is -2.18. The summed E-state index contributed by atoms with van der Waals surface area (Å²) in [5.41, 5.74) is 0. The van der Waals surface area contributed by atoms with Gasteiger partial charge in [-0.15, -0.1) is 0 Å². The molecular formula is C41H71F4NO6. The number of carbonyl (C=O) groups is 3. The van der Waals surface area contributed by atoms with Gasteiger partial charge in [0.25, 0.3) is 11.8 Å². The summed E-state index contributed by atoms with van der Waals surface area (Å²) < 4.78 is 71.0. The standard InChI is InChI=1S/C41H71F4NO6/c1-5-7-19-29-40(42,43)31-22-34-50-37(47)26-17-13-9-11-15-24-36(52-39(49)28-21-33-46(3)4)25-16-12-10-14-18-27-38(48)51-35-23-32-41(44,45)30-20-8-6-2/h22-23,31-32,36H,5-21,24-30,33-35H2,1-4H3/b31-22+,32-23+. The van der Waals surface area contributed by atoms with Gasteiger partial charge in [0.05, 0.1) is 0 Å². The molecule has 11 heteroatoms. The van der Waals surface area contributed by atoms with Gasteiger partial charge in [-0.1, -0.05) is 78.1 Å². The first-order valence-corrected chi connectivity index (χ1v) is 20.1. The van der Waals surface area contributed by atoms with E-state index in [1.54, 1.807) is 0 Å². The van der Waals surface area contributed by atoms with Crippen LogP contribution in [0.25, 0.3) is 0 Å². The second-order valence-corrected chi connectivity index (χ2v) is 14.2. The van der Waals surface area contributed by atoms with Crippen molar-refractivity contribution in [3.05, 3.63) is 24.3 Å². The molecule has 0 aromatic carbocycles. The first kappa shape index (κ1) is 49.6. The van der Waals surface area contributed by atoms with E-state index in [4.69, 9.17) is 14.2 Å². The summed E-state index contributed by atoms with van der Waals surface area (Å²) >= 11 is 0. The molecule has 0 atom stereocenters. The molecule has 0 aromatic rings. The van der Waals surface area contributed by atoms with E-state index in [1.165, 1.54) is 12.2 Å². The van der Waals surface area contributed by atoms with E-state index >= 15 is 0 Å². The number of carbonyl (C=O) groups excluding carboxylic acids is 3. The Labute approximate surface area is 312 Å². The minimum atomic E-state index is -2.87. The van der Waals surface area contributed by atoms with Gasteiger partial charge in [0.2, 0.25) is 0 Å². The second-order valence-electron chi connectivity index (χ2n) is 14.2. The number of halogens is 4. The predicted molar refractivity (Wildman–Crippen MR) is 201 cm³/mol. The van der Waals surface area contributed by atoms with Gasteiger partial charge >= 0.3 is 17.9 Å². The van der Waals surface area contributed by atoms with E-state index in [9.17, 15) is 31.9 Å². The van der Waals surface area contributed by atoms with Crippen molar-refractivity contribution in [2.75, 3.05) is 33.9 Å². The van der Waals surface area contributed by atoms with Crippen LogP contribution in [0.3, 0.4) is 0 Å². The topological polar surface area (TPSA) is 82.1 Å². The van der Waals surface area contributed by atoms with E-state index < -0.39 is 11.8 Å². The van der Waals surface area contributed by atoms with Crippen LogP contribution in [0.5, 0.6) is 0 Å². The van der Waals surface area contributed by atoms with Crippen molar-refractivity contribution in [3.63, 3.8) is 0 Å². The molecule has 52 heavy (non-hydrogen) atoms. The number of hydrogen-bond donors (Lipinski definition) is 0. The molecule has 0 N–H and O–H groups in total. The fourth-order valence-corrected chi connectivity index (χ4v) is 5.65. The molecule has 0 aliphatic heterocycles. The van der Waals surface area contributed by atoms with Crippen LogP contribution >= 0.6 is 0 Å². The minimum absolute atomic E-state index is 0.142. The second kappa shape index (κ2) is 32.0. The number of hydrogen-bond acceptors (Lipinski definition) is 7. The van der Waals surface area contributed by atoms with Gasteiger partial charge in [-0.25, -0.2) is 17.6 Å². The molecular weight excluding hydrogens is 678 g/mol. The molecule has 0 amide bonds. The van der Waals surface area contributed by atoms with Crippen LogP contribution in [0, 0.1) is 0 Å². The Morgan fingerprint density at radius 1 is 0.558 bits per heavy atom. The summed E-state index contributed by atoms with van der Waals surface area (Å²) in [4.78, 5) is 38.4. The largest absolute Gasteiger partial charge is 0.462 e. The molecule has 0 heterocycles. The maximum absolute atomic E-state index is 13.8. The van der Waals surface area contributed by atoms with Crippen molar-refractivity contribution in [2.45, 2.75) is 186 Å². The van der Waals surface area contributed by atoms with Gasteiger partial charge < -0.3 is 19.1 Å². The highest BCUT2D eigenvalue weighted by Gasteiger charge is 2.24. The Morgan fingerprint density at radius 2 is 0.962 bits per heavy atom. The van der Waals surface area contributed by atoms with Crippen LogP contribution in [0.1, 0.15) is 168 Å². The summed E-state index contributed by atoms with van der Waals surface area (Å²) in [6.07, 6.45) is 19.7. The van der Waals surface area contributed by atoms with Gasteiger partial charge in [-0.3, -0.25) is 14.4 Å². The molecule has 0 saturated heterocycles. The van der Waals surface area contributed by atoms with Crippen LogP contribution in [-0.2, 0) is 28.6 Å². The quantitative estimate of drug-likeness (QED) is 0.0210. The van der Waals surface area contributed by atoms with Crippen LogP contribution in [-0.4, -0.2) is 74.6 Å². The summed E-state index contributed by atoms with van der Waals surface area (Å²) in [6, 6.07) is 0. The fraction of sp³-hybridized carbons (Fsp3) is 0.829. The first-order valence-electron chi connectivity index (χ1n) is 20.1. The Balaban J connectivity index is 4.29. The third-order valence-electron chi connectivity index (χ3n) is 8.73. The third kappa shape index (κ3) is 33.4. The van der Waals surface area contributed by atoms with Crippen molar-refractivity contribution >= 4 is 17.9 Å². The average Bonchev–Trinajstić information content (AvgIpc) is 3.07. The van der Waals surface area contributed by atoms with Crippen molar-refractivity contribution in [3.8, 4) is 0 Å². The number of allylic oxidation sites excluding steroid dienone is 2. The van der Waals surface area contributed by atoms with E-state index in [-0.39, 0.29) is 62.9 Å². The Kier molecular flexibility index (Phi) is 30.5. The molecule has 0 radical (unpaired) electrons. The number of alkyl halides is 4. The summed E-state index contributed by atoms with van der Waals surface area (Å²) in [5, 5.41) is 0. The van der Waals surface area contributed by atoms with Crippen LogP contribution in [0.2, 0.25) is 0 Å². The maximum Gasteiger partial charge on any atom is 0.306 e. The zero-order chi connectivity index (χ0) is 38.9. The highest BCUT2D eigenvalue weighted by Crippen LogP contribution is 2.24. The average molecular weight is 750 g/mol. The fourth-order valence-electron chi connectivity index (χ4n) is 5.65. The molecule has 0 bridgehead atoms. The molecule has 0 aliphatic rings. The van der Waals surface area contributed by atoms with Gasteiger partial charge in [-0.2, -0.15) is 0 Å². The molecule has 7 nitrogen and oxygen atoms in total. The summed E-state index contributed by atoms with van der Waals surface area (Å²) in [5.74, 6) is -6.68.